The Balaban J connectivity index is 2.16. The molecule has 2 rings (SSSR count). The number of rotatable bonds is 3. The fraction of sp³-hybridized carbons (Fsp3) is 0. The molecule has 3 nitrogen and oxygen atoms in total. The molecule has 0 radical (unpaired) electrons. The van der Waals surface area contributed by atoms with Crippen molar-refractivity contribution < 1.29 is 4.79 Å². The van der Waals surface area contributed by atoms with Gasteiger partial charge >= 0.3 is 0 Å². The van der Waals surface area contributed by atoms with Crippen LogP contribution in [-0.2, 0) is 0 Å². The average molecular weight is 234 g/mol. The van der Waals surface area contributed by atoms with Crippen LogP contribution in [0, 0.1) is 11.3 Å². The second kappa shape index (κ2) is 5.55. The van der Waals surface area contributed by atoms with E-state index in [1.807, 2.05) is 24.3 Å². The Morgan fingerprint density at radius 2 is 1.89 bits per heavy atom. The van der Waals surface area contributed by atoms with Crippen LogP contribution in [0.4, 0.5) is 0 Å². The molecule has 3 heteroatoms. The number of benzene rings is 1. The minimum absolute atomic E-state index is 0.0836. The highest BCUT2D eigenvalue weighted by Crippen LogP contribution is 2.04. The van der Waals surface area contributed by atoms with E-state index in [1.165, 1.54) is 6.08 Å². The summed E-state index contributed by atoms with van der Waals surface area (Å²) in [5.41, 5.74) is 1.56. The molecule has 0 aliphatic heterocycles. The highest BCUT2D eigenvalue weighted by molar-refractivity contribution is 6.06. The standard InChI is InChI=1S/C15H10N2O/c16-11-14-8-4-7-13(17-14)9-10-15(18)12-5-2-1-3-6-12/h1-10H/b10-9+. The van der Waals surface area contributed by atoms with E-state index in [0.29, 0.717) is 17.0 Å². The number of aromatic nitrogens is 1. The van der Waals surface area contributed by atoms with E-state index in [9.17, 15) is 4.79 Å². The van der Waals surface area contributed by atoms with Crippen molar-refractivity contribution in [1.29, 1.82) is 5.26 Å². The van der Waals surface area contributed by atoms with Crippen LogP contribution in [-0.4, -0.2) is 10.8 Å². The van der Waals surface area contributed by atoms with Crippen molar-refractivity contribution in [2.24, 2.45) is 0 Å². The van der Waals surface area contributed by atoms with Crippen molar-refractivity contribution in [3.8, 4) is 6.07 Å². The number of ketones is 1. The van der Waals surface area contributed by atoms with Crippen LogP contribution in [0.25, 0.3) is 6.08 Å². The van der Waals surface area contributed by atoms with Crippen molar-refractivity contribution >= 4 is 11.9 Å². The van der Waals surface area contributed by atoms with E-state index in [2.05, 4.69) is 4.98 Å². The van der Waals surface area contributed by atoms with E-state index in [-0.39, 0.29) is 5.78 Å². The van der Waals surface area contributed by atoms with Gasteiger partial charge in [-0.15, -0.1) is 0 Å². The van der Waals surface area contributed by atoms with Crippen LogP contribution in [0.15, 0.2) is 54.6 Å². The van der Waals surface area contributed by atoms with Gasteiger partial charge in [-0.05, 0) is 24.3 Å². The Morgan fingerprint density at radius 3 is 2.61 bits per heavy atom. The van der Waals surface area contributed by atoms with Gasteiger partial charge in [-0.3, -0.25) is 4.79 Å². The largest absolute Gasteiger partial charge is 0.289 e. The van der Waals surface area contributed by atoms with Gasteiger partial charge < -0.3 is 0 Å². The second-order valence-electron chi connectivity index (χ2n) is 3.62. The zero-order valence-electron chi connectivity index (χ0n) is 9.58. The van der Waals surface area contributed by atoms with Crippen LogP contribution >= 0.6 is 0 Å². The first-order valence-electron chi connectivity index (χ1n) is 5.44. The number of carbonyl (C=O) groups excluding carboxylic acids is 1. The summed E-state index contributed by atoms with van der Waals surface area (Å²) >= 11 is 0. The molecule has 0 amide bonds. The molecule has 0 fully saturated rings. The SMILES string of the molecule is N#Cc1cccc(/C=C/C(=O)c2ccccc2)n1. The summed E-state index contributed by atoms with van der Waals surface area (Å²) in [5, 5.41) is 8.71. The number of carbonyl (C=O) groups is 1. The fourth-order valence-electron chi connectivity index (χ4n) is 1.47. The number of allylic oxidation sites excluding steroid dienone is 1. The van der Waals surface area contributed by atoms with Gasteiger partial charge in [-0.1, -0.05) is 36.4 Å². The Morgan fingerprint density at radius 1 is 1.11 bits per heavy atom. The normalized spacial score (nSPS) is 10.2. The molecule has 18 heavy (non-hydrogen) atoms. The van der Waals surface area contributed by atoms with Crippen LogP contribution in [0.3, 0.4) is 0 Å². The predicted octanol–water partition coefficient (Wildman–Crippen LogP) is 2.85. The van der Waals surface area contributed by atoms with Gasteiger partial charge in [-0.25, -0.2) is 4.98 Å². The molecular weight excluding hydrogens is 224 g/mol. The second-order valence-corrected chi connectivity index (χ2v) is 3.62. The first-order valence-corrected chi connectivity index (χ1v) is 5.44. The van der Waals surface area contributed by atoms with E-state index < -0.39 is 0 Å². The summed E-state index contributed by atoms with van der Waals surface area (Å²) < 4.78 is 0. The minimum Gasteiger partial charge on any atom is -0.289 e. The van der Waals surface area contributed by atoms with Crippen LogP contribution in [0.2, 0.25) is 0 Å². The predicted molar refractivity (Wildman–Crippen MR) is 68.8 cm³/mol. The highest BCUT2D eigenvalue weighted by Gasteiger charge is 2.00. The van der Waals surface area contributed by atoms with Gasteiger partial charge in [0.05, 0.1) is 5.69 Å². The quantitative estimate of drug-likeness (QED) is 0.606. The molecule has 0 unspecified atom stereocenters. The zero-order chi connectivity index (χ0) is 12.8. The molecule has 2 aromatic rings. The number of pyridine rings is 1. The third-order valence-electron chi connectivity index (χ3n) is 2.35. The lowest BCUT2D eigenvalue weighted by molar-refractivity contribution is 0.104. The molecule has 0 atom stereocenters. The van der Waals surface area contributed by atoms with E-state index in [0.717, 1.165) is 0 Å². The lowest BCUT2D eigenvalue weighted by Gasteiger charge is -1.95. The first kappa shape index (κ1) is 11.7. The number of nitriles is 1. The van der Waals surface area contributed by atoms with E-state index in [1.54, 1.807) is 36.4 Å². The zero-order valence-corrected chi connectivity index (χ0v) is 9.58. The first-order chi connectivity index (χ1) is 8.79. The monoisotopic (exact) mass is 234 g/mol. The Kier molecular flexibility index (Phi) is 3.62. The van der Waals surface area contributed by atoms with Gasteiger partial charge in [0.25, 0.3) is 0 Å². The maximum atomic E-state index is 11.8. The summed E-state index contributed by atoms with van der Waals surface area (Å²) in [5.74, 6) is -0.0836. The summed E-state index contributed by atoms with van der Waals surface area (Å²) in [4.78, 5) is 15.8. The highest BCUT2D eigenvalue weighted by atomic mass is 16.1. The Bertz CT molecular complexity index is 624. The third kappa shape index (κ3) is 2.89. The van der Waals surface area contributed by atoms with Crippen molar-refractivity contribution in [3.63, 3.8) is 0 Å². The van der Waals surface area contributed by atoms with Gasteiger partial charge in [0.2, 0.25) is 0 Å². The molecule has 1 aromatic carbocycles. The molecule has 0 aliphatic carbocycles. The number of hydrogen-bond acceptors (Lipinski definition) is 3. The molecule has 0 bridgehead atoms. The summed E-state index contributed by atoms with van der Waals surface area (Å²) in [7, 11) is 0. The summed E-state index contributed by atoms with van der Waals surface area (Å²) in [6.45, 7) is 0. The maximum Gasteiger partial charge on any atom is 0.185 e. The number of nitrogens with zero attached hydrogens (tertiary/aromatic N) is 2. The molecule has 86 valence electrons. The van der Waals surface area contributed by atoms with Crippen molar-refractivity contribution in [2.75, 3.05) is 0 Å². The van der Waals surface area contributed by atoms with Crippen LogP contribution in [0.5, 0.6) is 0 Å². The molecule has 0 aliphatic rings. The summed E-state index contributed by atoms with van der Waals surface area (Å²) in [6.07, 6.45) is 3.06. The average Bonchev–Trinajstić information content (AvgIpc) is 2.46. The fourth-order valence-corrected chi connectivity index (χ4v) is 1.47. The van der Waals surface area contributed by atoms with Crippen LogP contribution in [0.1, 0.15) is 21.7 Å². The van der Waals surface area contributed by atoms with Crippen molar-refractivity contribution in [1.82, 2.24) is 4.98 Å². The molecular formula is C15H10N2O. The molecule has 0 spiro atoms. The Hall–Kier alpha value is -2.73. The third-order valence-corrected chi connectivity index (χ3v) is 2.35. The van der Waals surface area contributed by atoms with E-state index in [4.69, 9.17) is 5.26 Å². The minimum atomic E-state index is -0.0836. The maximum absolute atomic E-state index is 11.8. The summed E-state index contributed by atoms with van der Waals surface area (Å²) in [6, 6.07) is 16.1. The van der Waals surface area contributed by atoms with Gasteiger partial charge in [0.1, 0.15) is 11.8 Å². The van der Waals surface area contributed by atoms with E-state index >= 15 is 0 Å². The molecule has 1 heterocycles. The Labute approximate surface area is 105 Å². The van der Waals surface area contributed by atoms with Crippen molar-refractivity contribution in [3.05, 3.63) is 71.6 Å². The molecule has 0 N–H and O–H groups in total. The lowest BCUT2D eigenvalue weighted by Crippen LogP contribution is -1.93. The van der Waals surface area contributed by atoms with Gasteiger partial charge in [0, 0.05) is 5.56 Å². The smallest absolute Gasteiger partial charge is 0.185 e. The molecule has 1 aromatic heterocycles. The topological polar surface area (TPSA) is 53.8 Å². The number of hydrogen-bond donors (Lipinski definition) is 0. The van der Waals surface area contributed by atoms with Gasteiger partial charge in [0.15, 0.2) is 5.78 Å². The molecule has 0 saturated heterocycles. The molecule has 0 saturated carbocycles. The van der Waals surface area contributed by atoms with Crippen molar-refractivity contribution in [2.45, 2.75) is 0 Å². The van der Waals surface area contributed by atoms with Gasteiger partial charge in [-0.2, -0.15) is 5.26 Å². The lowest BCUT2D eigenvalue weighted by atomic mass is 10.1. The van der Waals surface area contributed by atoms with Crippen LogP contribution < -0.4 is 0 Å².